The molecule has 8 rings (SSSR count). The predicted molar refractivity (Wildman–Crippen MR) is 275 cm³/mol. The summed E-state index contributed by atoms with van der Waals surface area (Å²) in [4.78, 5) is 41.5. The Labute approximate surface area is 436 Å². The van der Waals surface area contributed by atoms with Crippen LogP contribution in [0.1, 0.15) is 51.5 Å². The minimum atomic E-state index is -1.60. The third-order valence-electron chi connectivity index (χ3n) is 12.3. The van der Waals surface area contributed by atoms with Crippen LogP contribution in [0.2, 0.25) is 0 Å². The summed E-state index contributed by atoms with van der Waals surface area (Å²) in [5.41, 5.74) is 4.10. The van der Waals surface area contributed by atoms with Crippen molar-refractivity contribution in [1.82, 2.24) is 0 Å². The highest BCUT2D eigenvalue weighted by molar-refractivity contribution is 7.99. The van der Waals surface area contributed by atoms with Crippen molar-refractivity contribution in [3.63, 3.8) is 0 Å². The standard InChI is InChI=1S/C59H62O14S/c1-2-74-59-56(68-37-44-27-15-6-16-28-44)54(67-36-43-25-13-5-14-26-43)52(66-35-42-23-11-4-12-24-42)48(71-59)40-65-49(60)33-50(61)72-53-51(62)47(39-64-34-41-21-9-3-10-22-41)70-58(69-38-45-29-17-7-18-30-45)55(53)73-57(63)46-31-19-8-20-32-46/h3-32,47-48,51-56,58-59,62H,2,33-40H2,1H3/t47-,48-,51-,52-,53+,54+,55-,56+,58+,59-/m1/s1. The molecule has 2 saturated heterocycles. The molecule has 0 aliphatic carbocycles. The SMILES string of the molecule is CCS[C@H]1O[C@H](COC(=O)CC(=O)O[C@H]2[C@H](O)[C@@H](COCc3ccccc3)O[C@H](OCc3ccccc3)[C@@H]2OC(=O)c2ccccc2)[C@@H](OCc2ccccc2)[C@H](OCc2ccccc2)[C@@H]1OCc1ccccc1. The number of hydrogen-bond acceptors (Lipinski definition) is 15. The van der Waals surface area contributed by atoms with Crippen LogP contribution in [0, 0.1) is 0 Å². The molecule has 2 heterocycles. The highest BCUT2D eigenvalue weighted by Crippen LogP contribution is 2.36. The monoisotopic (exact) mass is 1030 g/mol. The number of benzene rings is 6. The van der Waals surface area contributed by atoms with Crippen molar-refractivity contribution < 1.29 is 66.9 Å². The van der Waals surface area contributed by atoms with E-state index >= 15 is 0 Å². The summed E-state index contributed by atoms with van der Waals surface area (Å²) in [5.74, 6) is -2.11. The predicted octanol–water partition coefficient (Wildman–Crippen LogP) is 8.81. The minimum Gasteiger partial charge on any atom is -0.462 e. The Bertz CT molecular complexity index is 2580. The molecule has 2 aliphatic rings. The van der Waals surface area contributed by atoms with Crippen molar-refractivity contribution in [3.8, 4) is 0 Å². The lowest BCUT2D eigenvalue weighted by molar-refractivity contribution is -0.307. The van der Waals surface area contributed by atoms with Crippen LogP contribution < -0.4 is 0 Å². The zero-order chi connectivity index (χ0) is 51.3. The number of thioether (sulfide) groups is 1. The van der Waals surface area contributed by atoms with Gasteiger partial charge in [-0.15, -0.1) is 11.8 Å². The number of aliphatic hydroxyl groups is 1. The van der Waals surface area contributed by atoms with Gasteiger partial charge in [-0.25, -0.2) is 4.79 Å². The first kappa shape index (κ1) is 54.0. The number of esters is 3. The van der Waals surface area contributed by atoms with Crippen LogP contribution in [0.15, 0.2) is 182 Å². The minimum absolute atomic E-state index is 0.0144. The number of ether oxygens (including phenoxy) is 10. The Morgan fingerprint density at radius 3 is 1.45 bits per heavy atom. The molecule has 388 valence electrons. The molecule has 10 atom stereocenters. The fourth-order valence-corrected chi connectivity index (χ4v) is 9.50. The van der Waals surface area contributed by atoms with E-state index in [0.717, 1.165) is 27.8 Å². The average Bonchev–Trinajstić information content (AvgIpc) is 3.44. The Hall–Kier alpha value is -6.24. The number of aliphatic hydroxyl groups excluding tert-OH is 1. The van der Waals surface area contributed by atoms with E-state index in [1.54, 1.807) is 30.3 Å². The zero-order valence-corrected chi connectivity index (χ0v) is 41.9. The molecule has 0 aromatic heterocycles. The summed E-state index contributed by atoms with van der Waals surface area (Å²) in [5, 5.41) is 11.9. The highest BCUT2D eigenvalue weighted by Gasteiger charge is 2.52. The molecular formula is C59H62O14S. The Kier molecular flexibility index (Phi) is 20.8. The molecule has 2 fully saturated rings. The molecule has 0 bridgehead atoms. The number of carbonyl (C=O) groups excluding carboxylic acids is 3. The lowest BCUT2D eigenvalue weighted by Crippen LogP contribution is -2.62. The molecule has 14 nitrogen and oxygen atoms in total. The summed E-state index contributed by atoms with van der Waals surface area (Å²) in [6.07, 6.45) is -11.1. The summed E-state index contributed by atoms with van der Waals surface area (Å²) < 4.78 is 63.2. The second-order valence-electron chi connectivity index (χ2n) is 17.7. The summed E-state index contributed by atoms with van der Waals surface area (Å²) in [6.45, 7) is 2.44. The third-order valence-corrected chi connectivity index (χ3v) is 13.3. The highest BCUT2D eigenvalue weighted by atomic mass is 32.2. The van der Waals surface area contributed by atoms with Gasteiger partial charge < -0.3 is 52.5 Å². The van der Waals surface area contributed by atoms with Gasteiger partial charge in [0.25, 0.3) is 0 Å². The molecule has 74 heavy (non-hydrogen) atoms. The van der Waals surface area contributed by atoms with E-state index < -0.39 is 84.9 Å². The Morgan fingerprint density at radius 2 is 0.932 bits per heavy atom. The summed E-state index contributed by atoms with van der Waals surface area (Å²) >= 11 is 1.53. The largest absolute Gasteiger partial charge is 0.462 e. The van der Waals surface area contributed by atoms with Gasteiger partial charge in [0, 0.05) is 0 Å². The second-order valence-corrected chi connectivity index (χ2v) is 19.0. The topological polar surface area (TPSA) is 164 Å². The lowest BCUT2D eigenvalue weighted by atomic mass is 9.98. The number of hydrogen-bond donors (Lipinski definition) is 1. The van der Waals surface area contributed by atoms with Crippen LogP contribution in [0.3, 0.4) is 0 Å². The molecule has 6 aromatic rings. The Morgan fingerprint density at radius 1 is 0.473 bits per heavy atom. The van der Waals surface area contributed by atoms with E-state index in [1.807, 2.05) is 159 Å². The molecule has 0 unspecified atom stereocenters. The first-order chi connectivity index (χ1) is 36.3. The van der Waals surface area contributed by atoms with Gasteiger partial charge in [-0.3, -0.25) is 9.59 Å². The molecule has 0 amide bonds. The smallest absolute Gasteiger partial charge is 0.338 e. The van der Waals surface area contributed by atoms with Crippen molar-refractivity contribution in [2.75, 3.05) is 19.0 Å². The lowest BCUT2D eigenvalue weighted by Gasteiger charge is -2.45. The van der Waals surface area contributed by atoms with Crippen molar-refractivity contribution in [1.29, 1.82) is 0 Å². The Balaban J connectivity index is 1.01. The first-order valence-corrected chi connectivity index (χ1v) is 25.8. The zero-order valence-electron chi connectivity index (χ0n) is 41.1. The van der Waals surface area contributed by atoms with Crippen molar-refractivity contribution in [2.24, 2.45) is 0 Å². The first-order valence-electron chi connectivity index (χ1n) is 24.8. The van der Waals surface area contributed by atoms with Crippen LogP contribution in [-0.2, 0) is 90.0 Å². The van der Waals surface area contributed by atoms with E-state index in [-0.39, 0.29) is 51.8 Å². The molecule has 1 N–H and O–H groups in total. The van der Waals surface area contributed by atoms with Crippen LogP contribution in [0.25, 0.3) is 0 Å². The maximum Gasteiger partial charge on any atom is 0.338 e. The van der Waals surface area contributed by atoms with E-state index in [9.17, 15) is 19.5 Å². The second kappa shape index (κ2) is 28.4. The van der Waals surface area contributed by atoms with Gasteiger partial charge in [0.1, 0.15) is 55.1 Å². The number of rotatable bonds is 25. The van der Waals surface area contributed by atoms with Crippen molar-refractivity contribution >= 4 is 29.7 Å². The maximum absolute atomic E-state index is 14.0. The quantitative estimate of drug-likeness (QED) is 0.0329. The van der Waals surface area contributed by atoms with Gasteiger partial charge in [-0.05, 0) is 45.7 Å². The maximum atomic E-state index is 14.0. The third kappa shape index (κ3) is 15.9. The average molecular weight is 1030 g/mol. The van der Waals surface area contributed by atoms with Gasteiger partial charge in [0.05, 0.1) is 45.2 Å². The van der Waals surface area contributed by atoms with Crippen LogP contribution in [0.5, 0.6) is 0 Å². The summed E-state index contributed by atoms with van der Waals surface area (Å²) in [6, 6.07) is 56.1. The van der Waals surface area contributed by atoms with E-state index in [0.29, 0.717) is 5.75 Å². The van der Waals surface area contributed by atoms with Gasteiger partial charge in [0.2, 0.25) is 0 Å². The van der Waals surface area contributed by atoms with Gasteiger partial charge in [0.15, 0.2) is 18.5 Å². The number of carbonyl (C=O) groups is 3. The van der Waals surface area contributed by atoms with E-state index in [4.69, 9.17) is 47.4 Å². The van der Waals surface area contributed by atoms with Crippen molar-refractivity contribution in [3.05, 3.63) is 215 Å². The van der Waals surface area contributed by atoms with Gasteiger partial charge >= 0.3 is 17.9 Å². The van der Waals surface area contributed by atoms with Gasteiger partial charge in [-0.2, -0.15) is 0 Å². The molecule has 15 heteroatoms. The van der Waals surface area contributed by atoms with Crippen LogP contribution in [0.4, 0.5) is 0 Å². The van der Waals surface area contributed by atoms with Crippen LogP contribution in [-0.4, -0.2) is 103 Å². The molecule has 6 aromatic carbocycles. The fourth-order valence-electron chi connectivity index (χ4n) is 8.52. The van der Waals surface area contributed by atoms with E-state index in [2.05, 4.69) is 0 Å². The fraction of sp³-hybridized carbons (Fsp3) is 0.339. The molecule has 0 saturated carbocycles. The normalized spacial score (nSPS) is 23.6. The molecule has 2 aliphatic heterocycles. The summed E-state index contributed by atoms with van der Waals surface area (Å²) in [7, 11) is 0. The molecule has 0 spiro atoms. The van der Waals surface area contributed by atoms with Gasteiger partial charge in [-0.1, -0.05) is 177 Å². The molecule has 0 radical (unpaired) electrons. The van der Waals surface area contributed by atoms with Crippen molar-refractivity contribution in [2.45, 2.75) is 107 Å². The van der Waals surface area contributed by atoms with E-state index in [1.165, 1.54) is 11.8 Å². The molecular weight excluding hydrogens is 965 g/mol. The van der Waals surface area contributed by atoms with Crippen LogP contribution >= 0.6 is 11.8 Å².